The Labute approximate surface area is 203 Å². The first-order chi connectivity index (χ1) is 17.1. The van der Waals surface area contributed by atoms with Gasteiger partial charge in [0.1, 0.15) is 11.3 Å². The van der Waals surface area contributed by atoms with Gasteiger partial charge in [-0.2, -0.15) is 5.26 Å². The van der Waals surface area contributed by atoms with E-state index in [1.54, 1.807) is 4.57 Å². The molecule has 1 saturated carbocycles. The molecule has 2 aromatic heterocycles. The minimum absolute atomic E-state index is 0.0506. The second-order valence-electron chi connectivity index (χ2n) is 9.25. The highest BCUT2D eigenvalue weighted by Crippen LogP contribution is 2.40. The van der Waals surface area contributed by atoms with E-state index in [2.05, 4.69) is 22.8 Å². The van der Waals surface area contributed by atoms with Gasteiger partial charge >= 0.3 is 0 Å². The largest absolute Gasteiger partial charge is 0.319 e. The third-order valence-electron chi connectivity index (χ3n) is 6.73. The normalized spacial score (nSPS) is 13.1. The van der Waals surface area contributed by atoms with Crippen LogP contribution in [0.1, 0.15) is 41.3 Å². The zero-order valence-corrected chi connectivity index (χ0v) is 19.5. The quantitative estimate of drug-likeness (QED) is 0.328. The van der Waals surface area contributed by atoms with Crippen LogP contribution in [0.15, 0.2) is 89.9 Å². The number of nitrogens with zero attached hydrogens (tertiary/aromatic N) is 4. The van der Waals surface area contributed by atoms with Gasteiger partial charge in [0.2, 0.25) is 0 Å². The molecule has 5 aromatic rings. The summed E-state index contributed by atoms with van der Waals surface area (Å²) < 4.78 is 3.82. The summed E-state index contributed by atoms with van der Waals surface area (Å²) in [4.78, 5) is 18.5. The summed E-state index contributed by atoms with van der Waals surface area (Å²) in [5.74, 6) is 1.41. The van der Waals surface area contributed by atoms with Crippen molar-refractivity contribution in [2.24, 2.45) is 0 Å². The molecule has 0 radical (unpaired) electrons. The summed E-state index contributed by atoms with van der Waals surface area (Å²) in [5, 5.41) is 9.45. The molecule has 3 aromatic carbocycles. The Morgan fingerprint density at radius 2 is 1.71 bits per heavy atom. The molecule has 1 aliphatic rings. The number of fused-ring (bicyclic) bond motifs is 1. The van der Waals surface area contributed by atoms with Crippen LogP contribution in [0.5, 0.6) is 0 Å². The van der Waals surface area contributed by atoms with E-state index in [1.165, 1.54) is 0 Å². The van der Waals surface area contributed by atoms with Crippen molar-refractivity contribution in [3.8, 4) is 22.9 Å². The van der Waals surface area contributed by atoms with Crippen LogP contribution < -0.4 is 5.56 Å². The number of imidazole rings is 1. The first-order valence-electron chi connectivity index (χ1n) is 11.9. The van der Waals surface area contributed by atoms with E-state index in [9.17, 15) is 10.1 Å². The second kappa shape index (κ2) is 8.41. The summed E-state index contributed by atoms with van der Waals surface area (Å²) in [6, 6.07) is 28.1. The summed E-state index contributed by atoms with van der Waals surface area (Å²) in [6.07, 6.45) is 4.05. The fraction of sp³-hybridized carbons (Fsp3) is 0.167. The minimum atomic E-state index is -0.0506. The molecule has 0 spiro atoms. The van der Waals surface area contributed by atoms with Crippen molar-refractivity contribution in [3.05, 3.63) is 118 Å². The lowest BCUT2D eigenvalue weighted by molar-refractivity contribution is 0.742. The van der Waals surface area contributed by atoms with Gasteiger partial charge in [0.25, 0.3) is 5.56 Å². The lowest BCUT2D eigenvalue weighted by Crippen LogP contribution is -2.20. The van der Waals surface area contributed by atoms with Crippen molar-refractivity contribution >= 4 is 11.0 Å². The molecule has 0 N–H and O–H groups in total. The Balaban J connectivity index is 1.42. The number of hydrogen-bond acceptors (Lipinski definition) is 3. The average molecular weight is 457 g/mol. The molecule has 0 bridgehead atoms. The predicted molar refractivity (Wildman–Crippen MR) is 138 cm³/mol. The molecule has 1 aliphatic carbocycles. The third kappa shape index (κ3) is 3.83. The van der Waals surface area contributed by atoms with E-state index in [0.717, 1.165) is 52.1 Å². The van der Waals surface area contributed by atoms with Gasteiger partial charge in [-0.1, -0.05) is 60.2 Å². The van der Waals surface area contributed by atoms with Gasteiger partial charge in [-0.3, -0.25) is 9.36 Å². The first-order valence-corrected chi connectivity index (χ1v) is 11.9. The van der Waals surface area contributed by atoms with Crippen LogP contribution in [-0.4, -0.2) is 14.1 Å². The molecule has 1 fully saturated rings. The molecule has 0 atom stereocenters. The maximum absolute atomic E-state index is 13.7. The van der Waals surface area contributed by atoms with Crippen molar-refractivity contribution in [2.45, 2.75) is 32.2 Å². The van der Waals surface area contributed by atoms with Gasteiger partial charge < -0.3 is 4.57 Å². The van der Waals surface area contributed by atoms with Crippen molar-refractivity contribution in [3.63, 3.8) is 0 Å². The average Bonchev–Trinajstić information content (AvgIpc) is 3.67. The Hall–Kier alpha value is -4.43. The van der Waals surface area contributed by atoms with Gasteiger partial charge in [-0.15, -0.1) is 0 Å². The maximum atomic E-state index is 13.7. The highest BCUT2D eigenvalue weighted by atomic mass is 16.1. The van der Waals surface area contributed by atoms with Crippen LogP contribution in [0.3, 0.4) is 0 Å². The van der Waals surface area contributed by atoms with Crippen molar-refractivity contribution in [1.29, 1.82) is 5.26 Å². The van der Waals surface area contributed by atoms with Gasteiger partial charge in [-0.25, -0.2) is 4.98 Å². The Kier molecular flexibility index (Phi) is 5.08. The number of rotatable bonds is 5. The summed E-state index contributed by atoms with van der Waals surface area (Å²) in [6.45, 7) is 2.62. The zero-order valence-electron chi connectivity index (χ0n) is 19.5. The van der Waals surface area contributed by atoms with Crippen molar-refractivity contribution < 1.29 is 0 Å². The molecule has 0 unspecified atom stereocenters. The molecular weight excluding hydrogens is 432 g/mol. The number of aromatic nitrogens is 3. The van der Waals surface area contributed by atoms with Gasteiger partial charge in [0.05, 0.1) is 17.1 Å². The van der Waals surface area contributed by atoms with Crippen LogP contribution in [0.2, 0.25) is 0 Å². The predicted octanol–water partition coefficient (Wildman–Crippen LogP) is 5.96. The first kappa shape index (κ1) is 21.1. The SMILES string of the molecule is Cc1ccc(-n2ccc3nc(C4CC4)n(Cc4ccc(-c5ccccc5C#N)cc4)c3c2=O)cc1. The third-order valence-corrected chi connectivity index (χ3v) is 6.73. The minimum Gasteiger partial charge on any atom is -0.319 e. The number of pyridine rings is 1. The van der Waals surface area contributed by atoms with Crippen LogP contribution in [0.4, 0.5) is 0 Å². The summed E-state index contributed by atoms with van der Waals surface area (Å²) in [5.41, 5.74) is 7.04. The fourth-order valence-corrected chi connectivity index (χ4v) is 4.68. The Morgan fingerprint density at radius 3 is 2.43 bits per heavy atom. The van der Waals surface area contributed by atoms with Gasteiger partial charge in [0.15, 0.2) is 0 Å². The topological polar surface area (TPSA) is 63.6 Å². The van der Waals surface area contributed by atoms with Crippen LogP contribution in [0, 0.1) is 18.3 Å². The number of benzene rings is 3. The number of hydrogen-bond donors (Lipinski definition) is 0. The maximum Gasteiger partial charge on any atom is 0.281 e. The van der Waals surface area contributed by atoms with E-state index in [1.807, 2.05) is 79.9 Å². The van der Waals surface area contributed by atoms with Crippen LogP contribution in [0.25, 0.3) is 27.8 Å². The molecule has 0 saturated heterocycles. The van der Waals surface area contributed by atoms with E-state index in [4.69, 9.17) is 4.98 Å². The molecule has 0 aliphatic heterocycles. The second-order valence-corrected chi connectivity index (χ2v) is 9.25. The molecule has 35 heavy (non-hydrogen) atoms. The Morgan fingerprint density at radius 1 is 0.971 bits per heavy atom. The van der Waals surface area contributed by atoms with Crippen LogP contribution in [-0.2, 0) is 6.54 Å². The monoisotopic (exact) mass is 456 g/mol. The summed E-state index contributed by atoms with van der Waals surface area (Å²) in [7, 11) is 0. The molecule has 2 heterocycles. The van der Waals surface area contributed by atoms with E-state index in [0.29, 0.717) is 23.5 Å². The number of aryl methyl sites for hydroxylation is 1. The molecule has 5 heteroatoms. The molecule has 5 nitrogen and oxygen atoms in total. The van der Waals surface area contributed by atoms with E-state index < -0.39 is 0 Å². The highest BCUT2D eigenvalue weighted by Gasteiger charge is 2.30. The molecule has 170 valence electrons. The van der Waals surface area contributed by atoms with Crippen molar-refractivity contribution in [2.75, 3.05) is 0 Å². The van der Waals surface area contributed by atoms with E-state index in [-0.39, 0.29) is 5.56 Å². The molecule has 0 amide bonds. The fourth-order valence-electron chi connectivity index (χ4n) is 4.68. The number of nitriles is 1. The Bertz CT molecular complexity index is 1650. The van der Waals surface area contributed by atoms with Gasteiger partial charge in [0, 0.05) is 24.3 Å². The molecular formula is C30H24N4O. The van der Waals surface area contributed by atoms with Crippen LogP contribution >= 0.6 is 0 Å². The van der Waals surface area contributed by atoms with E-state index >= 15 is 0 Å². The smallest absolute Gasteiger partial charge is 0.281 e. The standard InChI is InChI=1S/C30H24N4O/c1-20-6-14-25(15-7-20)33-17-16-27-28(30(33)35)34(29(32-27)23-12-13-23)19-21-8-10-22(11-9-21)26-5-3-2-4-24(26)18-31/h2-11,14-17,23H,12-13,19H2,1H3. The zero-order chi connectivity index (χ0) is 23.9. The van der Waals surface area contributed by atoms with Gasteiger partial charge in [-0.05, 0) is 60.7 Å². The lowest BCUT2D eigenvalue weighted by atomic mass is 9.99. The lowest BCUT2D eigenvalue weighted by Gasteiger charge is -2.11. The molecule has 6 rings (SSSR count). The summed E-state index contributed by atoms with van der Waals surface area (Å²) >= 11 is 0. The highest BCUT2D eigenvalue weighted by molar-refractivity contribution is 5.76. The van der Waals surface area contributed by atoms with Crippen molar-refractivity contribution in [1.82, 2.24) is 14.1 Å².